The van der Waals surface area contributed by atoms with Crippen LogP contribution in [-0.4, -0.2) is 16.1 Å². The molecule has 0 radical (unpaired) electrons. The van der Waals surface area contributed by atoms with Crippen LogP contribution in [0.25, 0.3) is 21.5 Å². The van der Waals surface area contributed by atoms with Gasteiger partial charge in [0.15, 0.2) is 0 Å². The van der Waals surface area contributed by atoms with Gasteiger partial charge >= 0.3 is 21.7 Å². The second kappa shape index (κ2) is 10.5. The molecule has 2 saturated heterocycles. The van der Waals surface area contributed by atoms with Crippen LogP contribution >= 0.6 is 0 Å². The largest absolute Gasteiger partial charge is 4.00 e. The molecule has 0 nitrogen and oxygen atoms in total. The maximum Gasteiger partial charge on any atom is 4.00 e. The van der Waals surface area contributed by atoms with Gasteiger partial charge in [-0.3, -0.25) is 0 Å². The standard InChI is InChI=1S/2C13H15Si.2ClH.Ti/c2*1-14(9-4-10-14)13-8-7-11-5-2-3-6-12(11)13;;;/h2*2-3,5-8H,4,9-10H2,1H3;2*1H;/q2*-1;;;+4/p-2. The zero-order chi connectivity index (χ0) is 19.2. The van der Waals surface area contributed by atoms with Crippen molar-refractivity contribution < 1.29 is 46.5 Å². The monoisotopic (exact) mass is 516 g/mol. The summed E-state index contributed by atoms with van der Waals surface area (Å²) in [6, 6.07) is 33.0. The molecule has 6 rings (SSSR count). The van der Waals surface area contributed by atoms with Crippen LogP contribution in [0.4, 0.5) is 0 Å². The van der Waals surface area contributed by atoms with Crippen LogP contribution in [0.3, 0.4) is 0 Å². The summed E-state index contributed by atoms with van der Waals surface area (Å²) in [4.78, 5) is 0. The van der Waals surface area contributed by atoms with Gasteiger partial charge in [0.2, 0.25) is 0 Å². The van der Waals surface area contributed by atoms with E-state index in [1.807, 2.05) is 0 Å². The van der Waals surface area contributed by atoms with Crippen LogP contribution in [-0.2, 0) is 21.7 Å². The van der Waals surface area contributed by atoms with Crippen LogP contribution in [0.5, 0.6) is 0 Å². The summed E-state index contributed by atoms with van der Waals surface area (Å²) in [7, 11) is -1.97. The van der Waals surface area contributed by atoms with Crippen molar-refractivity contribution in [3.8, 4) is 0 Å². The van der Waals surface area contributed by atoms with Gasteiger partial charge in [-0.15, -0.1) is 68.3 Å². The number of hydrogen-bond acceptors (Lipinski definition) is 0. The molecular formula is C26H30Cl2Si2Ti. The molecule has 0 aliphatic carbocycles. The topological polar surface area (TPSA) is 0 Å². The van der Waals surface area contributed by atoms with Crippen molar-refractivity contribution >= 4 is 48.1 Å². The van der Waals surface area contributed by atoms with Crippen LogP contribution < -0.4 is 35.2 Å². The third-order valence-corrected chi connectivity index (χ3v) is 16.9. The predicted octanol–water partition coefficient (Wildman–Crippen LogP) is 0.502. The van der Waals surface area contributed by atoms with E-state index < -0.39 is 16.1 Å². The maximum atomic E-state index is 2.54. The Hall–Kier alpha value is -0.612. The molecule has 5 heteroatoms. The third kappa shape index (κ3) is 4.85. The fraction of sp³-hybridized carbons (Fsp3) is 0.308. The van der Waals surface area contributed by atoms with Crippen LogP contribution in [0.1, 0.15) is 12.8 Å². The smallest absolute Gasteiger partial charge is 1.00 e. The third-order valence-electron chi connectivity index (χ3n) is 7.58. The minimum absolute atomic E-state index is 0. The SMILES string of the molecule is C[Si]1([c-]2ccc3ccccc32)CCC1.C[Si]1([c-]2ccc3ccccc32)CCC1.[Cl-].[Cl-].[Ti+4]. The summed E-state index contributed by atoms with van der Waals surface area (Å²) in [6.45, 7) is 5.08. The summed E-state index contributed by atoms with van der Waals surface area (Å²) in [5, 5.41) is 9.34. The average molecular weight is 517 g/mol. The van der Waals surface area contributed by atoms with E-state index in [0.717, 1.165) is 0 Å². The Bertz CT molecular complexity index is 1030. The minimum atomic E-state index is -0.985. The zero-order valence-electron chi connectivity index (χ0n) is 18.4. The van der Waals surface area contributed by atoms with Gasteiger partial charge in [-0.25, -0.2) is 0 Å². The van der Waals surface area contributed by atoms with E-state index in [2.05, 4.69) is 85.9 Å². The number of fused-ring (bicyclic) bond motifs is 2. The van der Waals surface area contributed by atoms with E-state index in [-0.39, 0.29) is 46.5 Å². The van der Waals surface area contributed by atoms with Gasteiger partial charge in [-0.05, 0) is 0 Å². The van der Waals surface area contributed by atoms with Crippen molar-refractivity contribution in [1.29, 1.82) is 0 Å². The Morgan fingerprint density at radius 1 is 0.581 bits per heavy atom. The molecule has 31 heavy (non-hydrogen) atoms. The Morgan fingerprint density at radius 2 is 0.935 bits per heavy atom. The van der Waals surface area contributed by atoms with E-state index in [1.54, 1.807) is 10.4 Å². The van der Waals surface area contributed by atoms with Crippen molar-refractivity contribution in [1.82, 2.24) is 0 Å². The first-order chi connectivity index (χ1) is 13.6. The summed E-state index contributed by atoms with van der Waals surface area (Å²) in [6.07, 6.45) is 2.92. The molecule has 2 aliphatic rings. The van der Waals surface area contributed by atoms with Crippen LogP contribution in [0.2, 0.25) is 37.3 Å². The fourth-order valence-corrected chi connectivity index (χ4v) is 11.9. The first-order valence-corrected chi connectivity index (χ1v) is 16.7. The molecule has 4 aromatic carbocycles. The number of halogens is 2. The number of rotatable bonds is 2. The van der Waals surface area contributed by atoms with Gasteiger partial charge < -0.3 is 24.8 Å². The molecule has 0 atom stereocenters. The first-order valence-electron chi connectivity index (χ1n) is 10.9. The molecule has 0 unspecified atom stereocenters. The predicted molar refractivity (Wildman–Crippen MR) is 130 cm³/mol. The van der Waals surface area contributed by atoms with Gasteiger partial charge in [0, 0.05) is 16.1 Å². The van der Waals surface area contributed by atoms with Gasteiger partial charge in [-0.1, -0.05) is 62.2 Å². The van der Waals surface area contributed by atoms with Crippen molar-refractivity contribution in [2.24, 2.45) is 0 Å². The Kier molecular flexibility index (Phi) is 9.06. The van der Waals surface area contributed by atoms with Crippen molar-refractivity contribution in [3.63, 3.8) is 0 Å². The molecule has 0 amide bonds. The van der Waals surface area contributed by atoms with E-state index >= 15 is 0 Å². The molecule has 160 valence electrons. The Balaban J connectivity index is 0.000000201. The normalized spacial score (nSPS) is 17.6. The molecule has 0 bridgehead atoms. The molecule has 0 aromatic heterocycles. The Labute approximate surface area is 216 Å². The van der Waals surface area contributed by atoms with Gasteiger partial charge in [0.25, 0.3) is 0 Å². The van der Waals surface area contributed by atoms with Crippen molar-refractivity contribution in [2.45, 2.75) is 50.1 Å². The van der Waals surface area contributed by atoms with Gasteiger partial charge in [-0.2, -0.15) is 24.3 Å². The van der Waals surface area contributed by atoms with E-state index in [0.29, 0.717) is 0 Å². The second-order valence-corrected chi connectivity index (χ2v) is 18.8. The second-order valence-electron chi connectivity index (χ2n) is 9.50. The Morgan fingerprint density at radius 3 is 1.26 bits per heavy atom. The molecule has 0 N–H and O–H groups in total. The van der Waals surface area contributed by atoms with E-state index in [1.165, 1.54) is 58.6 Å². The molecule has 0 saturated carbocycles. The summed E-state index contributed by atoms with van der Waals surface area (Å²) in [5.74, 6) is 0. The fourth-order valence-electron chi connectivity index (χ4n) is 5.31. The zero-order valence-corrected chi connectivity index (χ0v) is 23.5. The molecule has 2 heterocycles. The minimum Gasteiger partial charge on any atom is -1.00 e. The molecule has 4 aromatic rings. The number of hydrogen-bond donors (Lipinski definition) is 0. The van der Waals surface area contributed by atoms with Crippen LogP contribution in [0.15, 0.2) is 72.8 Å². The number of benzene rings is 2. The average Bonchev–Trinajstić information content (AvgIpc) is 3.29. The summed E-state index contributed by atoms with van der Waals surface area (Å²) >= 11 is 0. The molecule has 2 fully saturated rings. The van der Waals surface area contributed by atoms with Crippen molar-refractivity contribution in [3.05, 3.63) is 72.8 Å². The van der Waals surface area contributed by atoms with Crippen molar-refractivity contribution in [2.75, 3.05) is 0 Å². The molecular weight excluding hydrogens is 487 g/mol. The summed E-state index contributed by atoms with van der Waals surface area (Å²) < 4.78 is 0. The van der Waals surface area contributed by atoms with Crippen LogP contribution in [0, 0.1) is 0 Å². The summed E-state index contributed by atoms with van der Waals surface area (Å²) in [5.41, 5.74) is 0. The molecule has 0 spiro atoms. The van der Waals surface area contributed by atoms with E-state index in [4.69, 9.17) is 0 Å². The van der Waals surface area contributed by atoms with Gasteiger partial charge in [0.05, 0.1) is 0 Å². The molecule has 2 aliphatic heterocycles. The maximum absolute atomic E-state index is 2.54. The van der Waals surface area contributed by atoms with E-state index in [9.17, 15) is 0 Å². The van der Waals surface area contributed by atoms with Gasteiger partial charge in [0.1, 0.15) is 0 Å². The first kappa shape index (κ1) is 26.6. The quantitative estimate of drug-likeness (QED) is 0.269.